The lowest BCUT2D eigenvalue weighted by atomic mass is 10.2. The van der Waals surface area contributed by atoms with Gasteiger partial charge in [0.25, 0.3) is 0 Å². The lowest BCUT2D eigenvalue weighted by molar-refractivity contribution is -0.113. The molecule has 0 fully saturated rings. The van der Waals surface area contributed by atoms with Crippen molar-refractivity contribution in [1.29, 1.82) is 0 Å². The smallest absolute Gasteiger partial charge is 0.339 e. The van der Waals surface area contributed by atoms with Crippen molar-refractivity contribution >= 4 is 40.9 Å². The Labute approximate surface area is 155 Å². The summed E-state index contributed by atoms with van der Waals surface area (Å²) in [5.74, 6) is 1.11. The number of hydrogen-bond donors (Lipinski definition) is 1. The third-order valence-electron chi connectivity index (χ3n) is 3.32. The summed E-state index contributed by atoms with van der Waals surface area (Å²) in [4.78, 5) is 23.7. The first-order chi connectivity index (χ1) is 12.0. The van der Waals surface area contributed by atoms with Crippen LogP contribution in [0.3, 0.4) is 0 Å². The first-order valence-electron chi connectivity index (χ1n) is 7.42. The minimum Gasteiger partial charge on any atom is -0.497 e. The summed E-state index contributed by atoms with van der Waals surface area (Å²) in [5.41, 5.74) is 1.82. The summed E-state index contributed by atoms with van der Waals surface area (Å²) in [6.45, 7) is 0. The van der Waals surface area contributed by atoms with Gasteiger partial charge in [0.2, 0.25) is 5.91 Å². The number of carbonyl (C=O) groups is 2. The first-order valence-corrected chi connectivity index (χ1v) is 8.95. The van der Waals surface area contributed by atoms with Crippen LogP contribution in [-0.4, -0.2) is 31.8 Å². The number of methoxy groups -OCH3 is 2. The molecular weight excluding hydrogens is 362 g/mol. The van der Waals surface area contributed by atoms with Gasteiger partial charge in [0.15, 0.2) is 0 Å². The lowest BCUT2D eigenvalue weighted by Gasteiger charge is -2.08. The number of ether oxygens (including phenoxy) is 2. The second-order valence-electron chi connectivity index (χ2n) is 5.08. The maximum Gasteiger partial charge on any atom is 0.339 e. The van der Waals surface area contributed by atoms with E-state index in [0.29, 0.717) is 17.2 Å². The molecule has 0 radical (unpaired) electrons. The minimum atomic E-state index is -0.546. The van der Waals surface area contributed by atoms with Crippen molar-refractivity contribution in [2.75, 3.05) is 25.3 Å². The Morgan fingerprint density at radius 3 is 2.48 bits per heavy atom. The molecule has 2 aromatic carbocycles. The molecule has 132 valence electrons. The van der Waals surface area contributed by atoms with Crippen molar-refractivity contribution in [3.8, 4) is 5.75 Å². The second kappa shape index (κ2) is 9.34. The van der Waals surface area contributed by atoms with Crippen molar-refractivity contribution in [3.63, 3.8) is 0 Å². The van der Waals surface area contributed by atoms with Crippen LogP contribution in [0.5, 0.6) is 5.75 Å². The van der Waals surface area contributed by atoms with Crippen molar-refractivity contribution in [1.82, 2.24) is 0 Å². The lowest BCUT2D eigenvalue weighted by Crippen LogP contribution is -2.15. The van der Waals surface area contributed by atoms with Gasteiger partial charge in [-0.15, -0.1) is 11.8 Å². The Hall–Kier alpha value is -2.18. The van der Waals surface area contributed by atoms with Gasteiger partial charge in [-0.3, -0.25) is 4.79 Å². The standard InChI is InChI=1S/C18H18ClNO4S/c1-23-14-6-3-12(4-7-14)10-25-11-17(21)20-13-5-8-16(19)15(9-13)18(22)24-2/h3-9H,10-11H2,1-2H3,(H,20,21). The fourth-order valence-corrected chi connectivity index (χ4v) is 3.03. The van der Waals surface area contributed by atoms with Crippen LogP contribution in [0.25, 0.3) is 0 Å². The van der Waals surface area contributed by atoms with Crippen molar-refractivity contribution in [3.05, 3.63) is 58.6 Å². The number of carbonyl (C=O) groups excluding carboxylic acids is 2. The maximum atomic E-state index is 12.0. The van der Waals surface area contributed by atoms with Crippen molar-refractivity contribution < 1.29 is 19.1 Å². The Morgan fingerprint density at radius 1 is 1.12 bits per heavy atom. The zero-order chi connectivity index (χ0) is 18.2. The van der Waals surface area contributed by atoms with E-state index in [1.165, 1.54) is 24.9 Å². The molecular formula is C18H18ClNO4S. The average molecular weight is 380 g/mol. The van der Waals surface area contributed by atoms with Gasteiger partial charge in [0.05, 0.1) is 30.6 Å². The molecule has 2 aromatic rings. The van der Waals surface area contributed by atoms with E-state index >= 15 is 0 Å². The number of esters is 1. The van der Waals surface area contributed by atoms with Crippen LogP contribution in [0.1, 0.15) is 15.9 Å². The zero-order valence-corrected chi connectivity index (χ0v) is 15.4. The number of nitrogens with one attached hydrogen (secondary N) is 1. The summed E-state index contributed by atoms with van der Waals surface area (Å²) < 4.78 is 9.77. The molecule has 5 nitrogen and oxygen atoms in total. The number of amides is 1. The van der Waals surface area contributed by atoms with E-state index < -0.39 is 5.97 Å². The van der Waals surface area contributed by atoms with Gasteiger partial charge >= 0.3 is 5.97 Å². The molecule has 2 rings (SSSR count). The molecule has 0 aromatic heterocycles. The molecule has 0 saturated carbocycles. The van der Waals surface area contributed by atoms with E-state index in [0.717, 1.165) is 11.3 Å². The molecule has 25 heavy (non-hydrogen) atoms. The number of rotatable bonds is 7. The second-order valence-corrected chi connectivity index (χ2v) is 6.47. The quantitative estimate of drug-likeness (QED) is 0.736. The largest absolute Gasteiger partial charge is 0.497 e. The Bertz CT molecular complexity index is 749. The molecule has 0 aliphatic carbocycles. The maximum absolute atomic E-state index is 12.0. The predicted octanol–water partition coefficient (Wildman–Crippen LogP) is 4.01. The van der Waals surface area contributed by atoms with Gasteiger partial charge < -0.3 is 14.8 Å². The Kier molecular flexibility index (Phi) is 7.16. The van der Waals surface area contributed by atoms with Crippen LogP contribution in [-0.2, 0) is 15.3 Å². The molecule has 0 spiro atoms. The Morgan fingerprint density at radius 2 is 1.84 bits per heavy atom. The van der Waals surface area contributed by atoms with E-state index in [9.17, 15) is 9.59 Å². The van der Waals surface area contributed by atoms with Gasteiger partial charge in [-0.05, 0) is 35.9 Å². The van der Waals surface area contributed by atoms with Crippen LogP contribution < -0.4 is 10.1 Å². The van der Waals surface area contributed by atoms with Crippen LogP contribution >= 0.6 is 23.4 Å². The predicted molar refractivity (Wildman–Crippen MR) is 101 cm³/mol. The molecule has 0 saturated heterocycles. The summed E-state index contributed by atoms with van der Waals surface area (Å²) in [6, 6.07) is 12.4. The fourth-order valence-electron chi connectivity index (χ4n) is 2.05. The molecule has 0 heterocycles. The highest BCUT2D eigenvalue weighted by atomic mass is 35.5. The van der Waals surface area contributed by atoms with Gasteiger partial charge in [0.1, 0.15) is 5.75 Å². The summed E-state index contributed by atoms with van der Waals surface area (Å²) in [5, 5.41) is 3.02. The van der Waals surface area contributed by atoms with E-state index in [4.69, 9.17) is 16.3 Å². The molecule has 1 amide bonds. The highest BCUT2D eigenvalue weighted by Gasteiger charge is 2.12. The van der Waals surface area contributed by atoms with E-state index in [-0.39, 0.29) is 16.5 Å². The number of benzene rings is 2. The van der Waals surface area contributed by atoms with Crippen LogP contribution in [0.2, 0.25) is 5.02 Å². The topological polar surface area (TPSA) is 64.6 Å². The Balaban J connectivity index is 1.86. The number of thioether (sulfide) groups is 1. The number of halogens is 1. The van der Waals surface area contributed by atoms with E-state index in [1.807, 2.05) is 24.3 Å². The van der Waals surface area contributed by atoms with Crippen LogP contribution in [0.4, 0.5) is 5.69 Å². The monoisotopic (exact) mass is 379 g/mol. The van der Waals surface area contributed by atoms with Crippen LogP contribution in [0.15, 0.2) is 42.5 Å². The highest BCUT2D eigenvalue weighted by molar-refractivity contribution is 7.99. The first kappa shape index (κ1) is 19.1. The SMILES string of the molecule is COC(=O)c1cc(NC(=O)CSCc2ccc(OC)cc2)ccc1Cl. The summed E-state index contributed by atoms with van der Waals surface area (Å²) in [6.07, 6.45) is 0. The molecule has 0 bridgehead atoms. The van der Waals surface area contributed by atoms with Crippen LogP contribution in [0, 0.1) is 0 Å². The molecule has 0 aliphatic heterocycles. The van der Waals surface area contributed by atoms with E-state index in [2.05, 4.69) is 10.1 Å². The van der Waals surface area contributed by atoms with Crippen molar-refractivity contribution in [2.24, 2.45) is 0 Å². The normalized spacial score (nSPS) is 10.2. The zero-order valence-electron chi connectivity index (χ0n) is 13.9. The third kappa shape index (κ3) is 5.69. The molecule has 7 heteroatoms. The van der Waals surface area contributed by atoms with E-state index in [1.54, 1.807) is 19.2 Å². The number of hydrogen-bond acceptors (Lipinski definition) is 5. The molecule has 0 unspecified atom stereocenters. The molecule has 0 aliphatic rings. The van der Waals surface area contributed by atoms with Gasteiger partial charge in [-0.1, -0.05) is 23.7 Å². The fraction of sp³-hybridized carbons (Fsp3) is 0.222. The summed E-state index contributed by atoms with van der Waals surface area (Å²) in [7, 11) is 2.90. The van der Waals surface area contributed by atoms with Crippen molar-refractivity contribution in [2.45, 2.75) is 5.75 Å². The third-order valence-corrected chi connectivity index (χ3v) is 4.65. The van der Waals surface area contributed by atoms with Gasteiger partial charge in [0, 0.05) is 11.4 Å². The summed E-state index contributed by atoms with van der Waals surface area (Å²) >= 11 is 7.45. The average Bonchev–Trinajstić information content (AvgIpc) is 2.63. The van der Waals surface area contributed by atoms with Gasteiger partial charge in [-0.2, -0.15) is 0 Å². The minimum absolute atomic E-state index is 0.156. The number of anilines is 1. The van der Waals surface area contributed by atoms with Gasteiger partial charge in [-0.25, -0.2) is 4.79 Å². The molecule has 1 N–H and O–H groups in total. The molecule has 0 atom stereocenters. The highest BCUT2D eigenvalue weighted by Crippen LogP contribution is 2.22.